The van der Waals surface area contributed by atoms with Gasteiger partial charge in [0.05, 0.1) is 0 Å². The number of hydrogen-bond acceptors (Lipinski definition) is 3. The van der Waals surface area contributed by atoms with Gasteiger partial charge >= 0.3 is 0 Å². The molecule has 1 heterocycles. The van der Waals surface area contributed by atoms with Crippen molar-refractivity contribution < 1.29 is 5.11 Å². The lowest BCUT2D eigenvalue weighted by atomic mass is 9.91. The highest BCUT2D eigenvalue weighted by molar-refractivity contribution is 5.52. The van der Waals surface area contributed by atoms with Gasteiger partial charge in [0.1, 0.15) is 0 Å². The largest absolute Gasteiger partial charge is 0.400 e. The molecule has 1 saturated heterocycles. The minimum atomic E-state index is 1.00. The van der Waals surface area contributed by atoms with Crippen LogP contribution in [0.25, 0.3) is 0 Å². The van der Waals surface area contributed by atoms with E-state index in [1.54, 1.807) is 11.1 Å². The Bertz CT molecular complexity index is 373. The van der Waals surface area contributed by atoms with E-state index in [1.807, 2.05) is 0 Å². The maximum atomic E-state index is 7.00. The molecular weight excluding hydrogens is 224 g/mol. The number of rotatable bonds is 1. The first-order valence-corrected chi connectivity index (χ1v) is 6.96. The van der Waals surface area contributed by atoms with Gasteiger partial charge in [-0.15, -0.1) is 0 Å². The third-order valence-corrected chi connectivity index (χ3v) is 3.81. The fourth-order valence-corrected chi connectivity index (χ4v) is 2.84. The van der Waals surface area contributed by atoms with Crippen LogP contribution in [-0.2, 0) is 12.8 Å². The quantitative estimate of drug-likeness (QED) is 0.792. The lowest BCUT2D eigenvalue weighted by Gasteiger charge is -2.30. The van der Waals surface area contributed by atoms with E-state index >= 15 is 0 Å². The Hall–Kier alpha value is -1.06. The van der Waals surface area contributed by atoms with E-state index in [1.165, 1.54) is 31.4 Å². The van der Waals surface area contributed by atoms with E-state index in [4.69, 9.17) is 5.11 Å². The summed E-state index contributed by atoms with van der Waals surface area (Å²) in [6.45, 7) is 4.55. The molecule has 0 bridgehead atoms. The molecule has 0 aromatic heterocycles. The summed E-state index contributed by atoms with van der Waals surface area (Å²) in [7, 11) is 1.00. The highest BCUT2D eigenvalue weighted by Gasteiger charge is 2.14. The number of anilines is 1. The van der Waals surface area contributed by atoms with Crippen molar-refractivity contribution in [2.45, 2.75) is 25.7 Å². The van der Waals surface area contributed by atoms with Crippen molar-refractivity contribution >= 4 is 5.69 Å². The topological polar surface area (TPSA) is 35.5 Å². The van der Waals surface area contributed by atoms with Gasteiger partial charge in [-0.2, -0.15) is 0 Å². The summed E-state index contributed by atoms with van der Waals surface area (Å²) in [5, 5.41) is 10.4. The monoisotopic (exact) mass is 248 g/mol. The van der Waals surface area contributed by atoms with Crippen LogP contribution in [0, 0.1) is 0 Å². The Morgan fingerprint density at radius 2 is 1.67 bits per heavy atom. The molecule has 1 aliphatic heterocycles. The maximum Gasteiger partial charge on any atom is 0.0370 e. The van der Waals surface area contributed by atoms with Crippen molar-refractivity contribution in [3.05, 3.63) is 29.3 Å². The van der Waals surface area contributed by atoms with E-state index in [9.17, 15) is 0 Å². The van der Waals surface area contributed by atoms with Crippen LogP contribution >= 0.6 is 0 Å². The van der Waals surface area contributed by atoms with E-state index in [2.05, 4.69) is 28.4 Å². The van der Waals surface area contributed by atoms with Crippen molar-refractivity contribution in [1.82, 2.24) is 5.32 Å². The minimum Gasteiger partial charge on any atom is -0.400 e. The number of hydrogen-bond donors (Lipinski definition) is 2. The third-order valence-electron chi connectivity index (χ3n) is 3.81. The van der Waals surface area contributed by atoms with Crippen molar-refractivity contribution in [2.24, 2.45) is 0 Å². The Labute approximate surface area is 110 Å². The lowest BCUT2D eigenvalue weighted by molar-refractivity contribution is 0.399. The highest BCUT2D eigenvalue weighted by Crippen LogP contribution is 2.26. The van der Waals surface area contributed by atoms with E-state index in [-0.39, 0.29) is 0 Å². The van der Waals surface area contributed by atoms with Gasteiger partial charge in [-0.05, 0) is 48.9 Å². The van der Waals surface area contributed by atoms with Crippen LogP contribution in [0.1, 0.15) is 24.0 Å². The smallest absolute Gasteiger partial charge is 0.0370 e. The van der Waals surface area contributed by atoms with Crippen molar-refractivity contribution in [3.8, 4) is 0 Å². The average molecular weight is 248 g/mol. The summed E-state index contributed by atoms with van der Waals surface area (Å²) < 4.78 is 0. The number of aliphatic hydroxyl groups is 1. The summed E-state index contributed by atoms with van der Waals surface area (Å²) in [6, 6.07) is 7.10. The molecule has 0 saturated carbocycles. The van der Waals surface area contributed by atoms with Crippen molar-refractivity contribution in [2.75, 3.05) is 38.2 Å². The zero-order valence-corrected chi connectivity index (χ0v) is 11.3. The predicted molar refractivity (Wildman–Crippen MR) is 76.3 cm³/mol. The fraction of sp³-hybridized carbons (Fsp3) is 0.600. The van der Waals surface area contributed by atoms with Crippen LogP contribution in [0.2, 0.25) is 0 Å². The fourth-order valence-electron chi connectivity index (χ4n) is 2.84. The van der Waals surface area contributed by atoms with Crippen molar-refractivity contribution in [3.63, 3.8) is 0 Å². The molecule has 3 heteroatoms. The first kappa shape index (κ1) is 13.4. The Kier molecular flexibility index (Phi) is 5.02. The number of aliphatic hydroxyl groups excluding tert-OH is 1. The second-order valence-corrected chi connectivity index (χ2v) is 4.90. The third kappa shape index (κ3) is 3.03. The molecule has 2 N–H and O–H groups in total. The zero-order chi connectivity index (χ0) is 12.8. The van der Waals surface area contributed by atoms with Crippen LogP contribution in [0.5, 0.6) is 0 Å². The van der Waals surface area contributed by atoms with Gasteiger partial charge in [-0.1, -0.05) is 6.07 Å². The van der Waals surface area contributed by atoms with Gasteiger partial charge in [0.25, 0.3) is 0 Å². The summed E-state index contributed by atoms with van der Waals surface area (Å²) in [4.78, 5) is 2.51. The molecule has 1 aliphatic carbocycles. The van der Waals surface area contributed by atoms with Crippen LogP contribution in [0.15, 0.2) is 18.2 Å². The second-order valence-electron chi connectivity index (χ2n) is 4.90. The number of fused-ring (bicyclic) bond motifs is 1. The highest BCUT2D eigenvalue weighted by atomic mass is 16.2. The molecule has 3 nitrogen and oxygen atoms in total. The van der Waals surface area contributed by atoms with E-state index in [0.29, 0.717) is 0 Å². The Balaban J connectivity index is 0.000000574. The number of nitrogens with zero attached hydrogens (tertiary/aromatic N) is 1. The average Bonchev–Trinajstić information content (AvgIpc) is 2.50. The molecule has 0 spiro atoms. The SMILES string of the molecule is CO.c1cc2c(cc1N1CCNCC1)CCCC2. The minimum absolute atomic E-state index is 1.00. The second kappa shape index (κ2) is 6.76. The molecule has 1 aromatic carbocycles. The van der Waals surface area contributed by atoms with Gasteiger partial charge in [-0.25, -0.2) is 0 Å². The molecule has 100 valence electrons. The van der Waals surface area contributed by atoms with E-state index < -0.39 is 0 Å². The molecule has 0 unspecified atom stereocenters. The van der Waals surface area contributed by atoms with Gasteiger partial charge in [0.15, 0.2) is 0 Å². The molecule has 3 rings (SSSR count). The summed E-state index contributed by atoms with van der Waals surface area (Å²) in [5.74, 6) is 0. The Morgan fingerprint density at radius 1 is 1.00 bits per heavy atom. The number of nitrogens with one attached hydrogen (secondary N) is 1. The standard InChI is InChI=1S/C14H20N2.CH4O/c1-2-4-13-11-14(6-5-12(13)3-1)16-9-7-15-8-10-16;1-2/h5-6,11,15H,1-4,7-10H2;2H,1H3. The maximum absolute atomic E-state index is 7.00. The summed E-state index contributed by atoms with van der Waals surface area (Å²) in [5.41, 5.74) is 4.62. The van der Waals surface area contributed by atoms with Gasteiger partial charge in [0, 0.05) is 39.0 Å². The molecule has 18 heavy (non-hydrogen) atoms. The van der Waals surface area contributed by atoms with Crippen LogP contribution in [0.3, 0.4) is 0 Å². The predicted octanol–water partition coefficient (Wildman–Crippen LogP) is 1.58. The van der Waals surface area contributed by atoms with E-state index in [0.717, 1.165) is 33.3 Å². The molecule has 0 atom stereocenters. The Morgan fingerprint density at radius 3 is 2.39 bits per heavy atom. The lowest BCUT2D eigenvalue weighted by Crippen LogP contribution is -2.43. The molecule has 0 radical (unpaired) electrons. The zero-order valence-electron chi connectivity index (χ0n) is 11.3. The van der Waals surface area contributed by atoms with Gasteiger partial charge in [0.2, 0.25) is 0 Å². The molecule has 1 aromatic rings. The number of benzene rings is 1. The molecule has 1 fully saturated rings. The van der Waals surface area contributed by atoms with Gasteiger partial charge in [-0.3, -0.25) is 0 Å². The summed E-state index contributed by atoms with van der Waals surface area (Å²) in [6.07, 6.45) is 5.32. The molecule has 2 aliphatic rings. The molecular formula is C15H24N2O. The van der Waals surface area contributed by atoms with Crippen molar-refractivity contribution in [1.29, 1.82) is 0 Å². The summed E-state index contributed by atoms with van der Waals surface area (Å²) >= 11 is 0. The first-order chi connectivity index (χ1) is 8.93. The normalized spacial score (nSPS) is 18.7. The van der Waals surface area contributed by atoms with Gasteiger partial charge < -0.3 is 15.3 Å². The number of aryl methyl sites for hydroxylation is 2. The van der Waals surface area contributed by atoms with Crippen LogP contribution in [-0.4, -0.2) is 38.4 Å². The number of piperazine rings is 1. The van der Waals surface area contributed by atoms with Crippen LogP contribution < -0.4 is 10.2 Å². The first-order valence-electron chi connectivity index (χ1n) is 6.96. The van der Waals surface area contributed by atoms with Crippen LogP contribution in [0.4, 0.5) is 5.69 Å². The molecule has 0 amide bonds.